The van der Waals surface area contributed by atoms with Crippen LogP contribution >= 0.6 is 11.6 Å². The van der Waals surface area contributed by atoms with Gasteiger partial charge in [0.15, 0.2) is 0 Å². The first-order valence-electron chi connectivity index (χ1n) is 9.96. The fraction of sp³-hybridized carbons (Fsp3) is 0.900. The molecular weight excluding hydrogens is 394 g/mol. The maximum atomic E-state index is 6.17. The van der Waals surface area contributed by atoms with Gasteiger partial charge in [0, 0.05) is 0 Å². The second kappa shape index (κ2) is 15.4. The van der Waals surface area contributed by atoms with E-state index in [0.717, 1.165) is 5.88 Å². The van der Waals surface area contributed by atoms with Gasteiger partial charge in [-0.3, -0.25) is 0 Å². The number of hydrogen-bond acceptors (Lipinski definition) is 0. The molecule has 0 aromatic heterocycles. The summed E-state index contributed by atoms with van der Waals surface area (Å²) in [5.41, 5.74) is 0. The van der Waals surface area contributed by atoms with Gasteiger partial charge in [-0.1, -0.05) is 0 Å². The Morgan fingerprint density at radius 2 is 1.18 bits per heavy atom. The molecule has 0 saturated carbocycles. The van der Waals surface area contributed by atoms with Crippen LogP contribution in [-0.2, 0) is 0 Å². The molecule has 132 valence electrons. The molecule has 0 aromatic rings. The van der Waals surface area contributed by atoms with Crippen molar-refractivity contribution in [1.82, 2.24) is 0 Å². The predicted molar refractivity (Wildman–Crippen MR) is 108 cm³/mol. The Morgan fingerprint density at radius 1 is 0.727 bits per heavy atom. The van der Waals surface area contributed by atoms with Gasteiger partial charge in [0.2, 0.25) is 0 Å². The SMILES string of the molecule is CCCCC/[C](=C\CCl)[Sn]([CH2]CCC)([CH2]CCC)[CH2]CCC. The van der Waals surface area contributed by atoms with Crippen LogP contribution in [-0.4, -0.2) is 24.3 Å². The molecule has 0 saturated heterocycles. The molecule has 0 spiro atoms. The summed E-state index contributed by atoms with van der Waals surface area (Å²) in [6.45, 7) is 9.39. The average molecular weight is 436 g/mol. The Labute approximate surface area is 150 Å². The van der Waals surface area contributed by atoms with Crippen LogP contribution in [0, 0.1) is 0 Å². The number of halogens is 1. The summed E-state index contributed by atoms with van der Waals surface area (Å²) in [6, 6.07) is 0. The van der Waals surface area contributed by atoms with E-state index in [1.165, 1.54) is 64.2 Å². The molecule has 0 unspecified atom stereocenters. The summed E-state index contributed by atoms with van der Waals surface area (Å²) in [4.78, 5) is 0. The Kier molecular flexibility index (Phi) is 15.9. The van der Waals surface area contributed by atoms with Crippen molar-refractivity contribution < 1.29 is 0 Å². The first-order chi connectivity index (χ1) is 10.7. The van der Waals surface area contributed by atoms with Crippen molar-refractivity contribution in [3.8, 4) is 0 Å². The zero-order valence-corrected chi connectivity index (χ0v) is 19.5. The van der Waals surface area contributed by atoms with E-state index in [9.17, 15) is 0 Å². The molecule has 0 amide bonds. The van der Waals surface area contributed by atoms with Crippen molar-refractivity contribution in [3.63, 3.8) is 0 Å². The standard InChI is InChI=1S/C8H14Cl.3C4H9.Sn/c1-2-3-4-5-6-7-8-9;3*1-3-4-2;/h7H,2-5,8H2,1H3;3*1,3-4H2,2H3;. The fourth-order valence-corrected chi connectivity index (χ4v) is 21.5. The summed E-state index contributed by atoms with van der Waals surface area (Å²) < 4.78 is 6.66. The van der Waals surface area contributed by atoms with Crippen LogP contribution in [0.4, 0.5) is 0 Å². The van der Waals surface area contributed by atoms with Gasteiger partial charge in [-0.2, -0.15) is 0 Å². The topological polar surface area (TPSA) is 0 Å². The van der Waals surface area contributed by atoms with Crippen molar-refractivity contribution >= 4 is 30.0 Å². The number of rotatable bonds is 15. The second-order valence-electron chi connectivity index (χ2n) is 6.93. The Hall–Kier alpha value is 0.829. The first kappa shape index (κ1) is 22.8. The van der Waals surface area contributed by atoms with Crippen molar-refractivity contribution in [3.05, 3.63) is 9.67 Å². The quantitative estimate of drug-likeness (QED) is 0.138. The van der Waals surface area contributed by atoms with E-state index >= 15 is 0 Å². The van der Waals surface area contributed by atoms with Gasteiger partial charge in [0.1, 0.15) is 0 Å². The third kappa shape index (κ3) is 9.20. The molecular formula is C20H41ClSn. The molecule has 0 aliphatic carbocycles. The normalized spacial score (nSPS) is 12.9. The molecule has 0 bridgehead atoms. The minimum absolute atomic E-state index is 0.741. The third-order valence-corrected chi connectivity index (χ3v) is 21.6. The average Bonchev–Trinajstić information content (AvgIpc) is 2.54. The molecule has 0 N–H and O–H groups in total. The van der Waals surface area contributed by atoms with E-state index in [4.69, 9.17) is 11.6 Å². The number of alkyl halides is 1. The number of allylic oxidation sites excluding steroid dienone is 2. The Bertz CT molecular complexity index is 251. The molecule has 0 radical (unpaired) electrons. The molecule has 0 rings (SSSR count). The minimum atomic E-state index is -2.17. The van der Waals surface area contributed by atoms with Crippen LogP contribution in [0.25, 0.3) is 0 Å². The molecule has 0 aromatic carbocycles. The number of unbranched alkanes of at least 4 members (excludes halogenated alkanes) is 5. The van der Waals surface area contributed by atoms with Gasteiger partial charge >= 0.3 is 151 Å². The monoisotopic (exact) mass is 436 g/mol. The Balaban J connectivity index is 5.22. The van der Waals surface area contributed by atoms with E-state index in [1.807, 2.05) is 3.59 Å². The molecule has 0 nitrogen and oxygen atoms in total. The van der Waals surface area contributed by atoms with Crippen molar-refractivity contribution in [1.29, 1.82) is 0 Å². The molecule has 0 aliphatic heterocycles. The first-order valence-corrected chi connectivity index (χ1v) is 18.0. The van der Waals surface area contributed by atoms with Gasteiger partial charge < -0.3 is 0 Å². The van der Waals surface area contributed by atoms with Gasteiger partial charge in [-0.25, -0.2) is 0 Å². The molecule has 22 heavy (non-hydrogen) atoms. The van der Waals surface area contributed by atoms with Crippen LogP contribution in [0.5, 0.6) is 0 Å². The summed E-state index contributed by atoms with van der Waals surface area (Å²) in [5.74, 6) is 0.741. The molecule has 0 fully saturated rings. The van der Waals surface area contributed by atoms with Crippen LogP contribution in [0.2, 0.25) is 13.3 Å². The van der Waals surface area contributed by atoms with Crippen molar-refractivity contribution in [2.45, 2.75) is 105 Å². The van der Waals surface area contributed by atoms with E-state index in [2.05, 4.69) is 33.8 Å². The number of hydrogen-bond donors (Lipinski definition) is 0. The maximum absolute atomic E-state index is 6.17. The van der Waals surface area contributed by atoms with E-state index in [1.54, 1.807) is 13.3 Å². The van der Waals surface area contributed by atoms with E-state index in [0.29, 0.717) is 0 Å². The molecule has 2 heteroatoms. The fourth-order valence-electron chi connectivity index (χ4n) is 3.64. The van der Waals surface area contributed by atoms with E-state index < -0.39 is 18.4 Å². The summed E-state index contributed by atoms with van der Waals surface area (Å²) in [7, 11) is 0. The van der Waals surface area contributed by atoms with Gasteiger partial charge in [-0.05, 0) is 0 Å². The summed E-state index contributed by atoms with van der Waals surface area (Å²) in [6.07, 6.45) is 16.4. The van der Waals surface area contributed by atoms with Crippen LogP contribution in [0.15, 0.2) is 9.67 Å². The Morgan fingerprint density at radius 3 is 1.55 bits per heavy atom. The molecule has 0 atom stereocenters. The van der Waals surface area contributed by atoms with Crippen molar-refractivity contribution in [2.75, 3.05) is 5.88 Å². The third-order valence-electron chi connectivity index (χ3n) is 5.08. The second-order valence-corrected chi connectivity index (χ2v) is 20.7. The van der Waals surface area contributed by atoms with Crippen molar-refractivity contribution in [2.24, 2.45) is 0 Å². The zero-order valence-electron chi connectivity index (χ0n) is 15.9. The molecule has 0 heterocycles. The van der Waals surface area contributed by atoms with Crippen LogP contribution < -0.4 is 0 Å². The van der Waals surface area contributed by atoms with Gasteiger partial charge in [0.25, 0.3) is 0 Å². The zero-order chi connectivity index (χ0) is 16.7. The van der Waals surface area contributed by atoms with Crippen LogP contribution in [0.1, 0.15) is 91.9 Å². The summed E-state index contributed by atoms with van der Waals surface area (Å²) >= 11 is 4.01. The van der Waals surface area contributed by atoms with E-state index in [-0.39, 0.29) is 0 Å². The predicted octanol–water partition coefficient (Wildman–Crippen LogP) is 8.12. The summed E-state index contributed by atoms with van der Waals surface area (Å²) in [5, 5.41) is 0. The van der Waals surface area contributed by atoms with Gasteiger partial charge in [-0.15, -0.1) is 0 Å². The van der Waals surface area contributed by atoms with Crippen LogP contribution in [0.3, 0.4) is 0 Å². The van der Waals surface area contributed by atoms with Gasteiger partial charge in [0.05, 0.1) is 0 Å². The molecule has 0 aliphatic rings.